The van der Waals surface area contributed by atoms with E-state index in [2.05, 4.69) is 5.32 Å². The van der Waals surface area contributed by atoms with Gasteiger partial charge < -0.3 is 14.6 Å². The van der Waals surface area contributed by atoms with E-state index >= 15 is 0 Å². The number of aryl methyl sites for hydroxylation is 2. The van der Waals surface area contributed by atoms with Gasteiger partial charge in [-0.25, -0.2) is 0 Å². The van der Waals surface area contributed by atoms with Gasteiger partial charge in [-0.3, -0.25) is 4.79 Å². The fourth-order valence-electron chi connectivity index (χ4n) is 3.32. The van der Waals surface area contributed by atoms with Gasteiger partial charge in [0.25, 0.3) is 5.91 Å². The van der Waals surface area contributed by atoms with Gasteiger partial charge in [-0.2, -0.15) is 5.26 Å². The Hall–Kier alpha value is -3.20. The summed E-state index contributed by atoms with van der Waals surface area (Å²) in [6.07, 6.45) is 1.57. The van der Waals surface area contributed by atoms with Gasteiger partial charge in [0.1, 0.15) is 17.4 Å². The van der Waals surface area contributed by atoms with Crippen molar-refractivity contribution in [1.29, 1.82) is 5.26 Å². The summed E-state index contributed by atoms with van der Waals surface area (Å²) < 4.78 is 7.45. The van der Waals surface area contributed by atoms with Crippen LogP contribution in [0.2, 0.25) is 10.0 Å². The minimum atomic E-state index is -0.507. The van der Waals surface area contributed by atoms with Crippen LogP contribution in [0.1, 0.15) is 22.5 Å². The number of rotatable bonds is 5. The van der Waals surface area contributed by atoms with E-state index in [1.807, 2.05) is 43.5 Å². The molecule has 1 aromatic heterocycles. The summed E-state index contributed by atoms with van der Waals surface area (Å²) in [4.78, 5) is 12.7. The second-order valence-electron chi connectivity index (χ2n) is 7.07. The highest BCUT2D eigenvalue weighted by Crippen LogP contribution is 2.31. The molecule has 0 bridgehead atoms. The SMILES string of the molecule is COc1ccc(Cl)cc1-n1c(C)cc(/C=C(/C#N)C(=O)Nc2ccc(C)c(Cl)c2)c1C. The van der Waals surface area contributed by atoms with Gasteiger partial charge >= 0.3 is 0 Å². The Morgan fingerprint density at radius 3 is 2.52 bits per heavy atom. The lowest BCUT2D eigenvalue weighted by Gasteiger charge is -2.14. The number of nitrogens with zero attached hydrogens (tertiary/aromatic N) is 2. The summed E-state index contributed by atoms with van der Waals surface area (Å²) in [5.41, 5.74) is 4.69. The molecule has 31 heavy (non-hydrogen) atoms. The molecule has 0 spiro atoms. The highest BCUT2D eigenvalue weighted by atomic mass is 35.5. The molecule has 1 heterocycles. The van der Waals surface area contributed by atoms with E-state index in [1.54, 1.807) is 43.5 Å². The molecule has 0 aliphatic carbocycles. The first-order chi connectivity index (χ1) is 14.7. The van der Waals surface area contributed by atoms with Crippen LogP contribution in [0.3, 0.4) is 0 Å². The van der Waals surface area contributed by atoms with Crippen LogP contribution in [-0.4, -0.2) is 17.6 Å². The second-order valence-corrected chi connectivity index (χ2v) is 7.91. The topological polar surface area (TPSA) is 67.0 Å². The van der Waals surface area contributed by atoms with Crippen molar-refractivity contribution in [1.82, 2.24) is 4.57 Å². The van der Waals surface area contributed by atoms with Crippen LogP contribution in [0.5, 0.6) is 5.75 Å². The van der Waals surface area contributed by atoms with E-state index < -0.39 is 5.91 Å². The average Bonchev–Trinajstić information content (AvgIpc) is 3.01. The monoisotopic (exact) mass is 453 g/mol. The Balaban J connectivity index is 1.98. The number of halogens is 2. The Labute approximate surface area is 191 Å². The van der Waals surface area contributed by atoms with E-state index in [0.717, 1.165) is 28.2 Å². The van der Waals surface area contributed by atoms with E-state index in [4.69, 9.17) is 27.9 Å². The Kier molecular flexibility index (Phi) is 6.74. The van der Waals surface area contributed by atoms with Gasteiger partial charge in [0, 0.05) is 27.1 Å². The normalized spacial score (nSPS) is 11.2. The highest BCUT2D eigenvalue weighted by Gasteiger charge is 2.16. The molecule has 0 fully saturated rings. The van der Waals surface area contributed by atoms with Crippen molar-refractivity contribution in [3.8, 4) is 17.5 Å². The van der Waals surface area contributed by atoms with Crippen molar-refractivity contribution in [2.75, 3.05) is 12.4 Å². The molecule has 0 aliphatic heterocycles. The van der Waals surface area contributed by atoms with Crippen LogP contribution in [0.4, 0.5) is 5.69 Å². The first-order valence-corrected chi connectivity index (χ1v) is 10.2. The quantitative estimate of drug-likeness (QED) is 0.365. The third-order valence-corrected chi connectivity index (χ3v) is 5.59. The molecular formula is C24H21Cl2N3O2. The van der Waals surface area contributed by atoms with Crippen molar-refractivity contribution < 1.29 is 9.53 Å². The predicted molar refractivity (Wildman–Crippen MR) is 125 cm³/mol. The van der Waals surface area contributed by atoms with Crippen LogP contribution < -0.4 is 10.1 Å². The summed E-state index contributed by atoms with van der Waals surface area (Å²) in [6, 6.07) is 14.5. The van der Waals surface area contributed by atoms with E-state index in [0.29, 0.717) is 21.5 Å². The van der Waals surface area contributed by atoms with Crippen molar-refractivity contribution in [3.05, 3.63) is 80.6 Å². The maximum absolute atomic E-state index is 12.7. The van der Waals surface area contributed by atoms with Crippen LogP contribution in [0.25, 0.3) is 11.8 Å². The minimum Gasteiger partial charge on any atom is -0.495 e. The average molecular weight is 454 g/mol. The van der Waals surface area contributed by atoms with Crippen molar-refractivity contribution >= 4 is 40.9 Å². The predicted octanol–water partition coefficient (Wildman–Crippen LogP) is 6.26. The number of methoxy groups -OCH3 is 1. The molecule has 3 aromatic rings. The molecule has 158 valence electrons. The van der Waals surface area contributed by atoms with Gasteiger partial charge in [0.2, 0.25) is 0 Å². The molecule has 0 saturated carbocycles. The minimum absolute atomic E-state index is 0.0185. The lowest BCUT2D eigenvalue weighted by Crippen LogP contribution is -2.13. The Morgan fingerprint density at radius 1 is 1.13 bits per heavy atom. The van der Waals surface area contributed by atoms with E-state index in [9.17, 15) is 10.1 Å². The summed E-state index contributed by atoms with van der Waals surface area (Å²) >= 11 is 12.3. The Bertz CT molecular complexity index is 1240. The lowest BCUT2D eigenvalue weighted by molar-refractivity contribution is -0.112. The molecule has 0 atom stereocenters. The first-order valence-electron chi connectivity index (χ1n) is 9.47. The van der Waals surface area contributed by atoms with Crippen LogP contribution in [-0.2, 0) is 4.79 Å². The summed E-state index contributed by atoms with van der Waals surface area (Å²) in [5, 5.41) is 13.4. The van der Waals surface area contributed by atoms with E-state index in [-0.39, 0.29) is 5.57 Å². The first kappa shape index (κ1) is 22.5. The zero-order chi connectivity index (χ0) is 22.7. The number of anilines is 1. The molecule has 0 aliphatic rings. The zero-order valence-corrected chi connectivity index (χ0v) is 19.1. The molecule has 5 nitrogen and oxygen atoms in total. The van der Waals surface area contributed by atoms with Crippen molar-refractivity contribution in [2.24, 2.45) is 0 Å². The van der Waals surface area contributed by atoms with Crippen LogP contribution in [0, 0.1) is 32.1 Å². The molecule has 0 unspecified atom stereocenters. The van der Waals surface area contributed by atoms with Crippen LogP contribution in [0.15, 0.2) is 48.0 Å². The molecule has 0 saturated heterocycles. The smallest absolute Gasteiger partial charge is 0.266 e. The number of nitriles is 1. The van der Waals surface area contributed by atoms with Gasteiger partial charge in [-0.05, 0) is 74.4 Å². The molecule has 7 heteroatoms. The van der Waals surface area contributed by atoms with Gasteiger partial charge in [0.05, 0.1) is 12.8 Å². The fraction of sp³-hybridized carbons (Fsp3) is 0.167. The second kappa shape index (κ2) is 9.30. The van der Waals surface area contributed by atoms with Crippen molar-refractivity contribution in [3.63, 3.8) is 0 Å². The lowest BCUT2D eigenvalue weighted by atomic mass is 10.1. The fourth-order valence-corrected chi connectivity index (χ4v) is 3.66. The van der Waals surface area contributed by atoms with Gasteiger partial charge in [-0.15, -0.1) is 0 Å². The molecular weight excluding hydrogens is 433 g/mol. The Morgan fingerprint density at radius 2 is 1.87 bits per heavy atom. The number of ether oxygens (including phenoxy) is 1. The number of carbonyl (C=O) groups excluding carboxylic acids is 1. The summed E-state index contributed by atoms with van der Waals surface area (Å²) in [5.74, 6) is 0.156. The number of benzene rings is 2. The van der Waals surface area contributed by atoms with E-state index in [1.165, 1.54) is 0 Å². The molecule has 1 amide bonds. The molecule has 0 radical (unpaired) electrons. The standard InChI is InChI=1S/C24H21Cl2N3O2/c1-14-5-7-20(12-21(14)26)28-24(30)18(13-27)10-17-9-15(2)29(16(17)3)22-11-19(25)6-8-23(22)31-4/h5-12H,1-4H3,(H,28,30)/b18-10-. The van der Waals surface area contributed by atoms with Gasteiger partial charge in [-0.1, -0.05) is 29.3 Å². The van der Waals surface area contributed by atoms with Crippen molar-refractivity contribution in [2.45, 2.75) is 20.8 Å². The number of nitrogens with one attached hydrogen (secondary N) is 1. The molecule has 3 rings (SSSR count). The summed E-state index contributed by atoms with van der Waals surface area (Å²) in [6.45, 7) is 5.72. The molecule has 2 aromatic carbocycles. The third kappa shape index (κ3) is 4.77. The number of aromatic nitrogens is 1. The number of hydrogen-bond acceptors (Lipinski definition) is 3. The highest BCUT2D eigenvalue weighted by molar-refractivity contribution is 6.31. The summed E-state index contributed by atoms with van der Waals surface area (Å²) in [7, 11) is 1.59. The third-order valence-electron chi connectivity index (χ3n) is 4.95. The number of carbonyl (C=O) groups is 1. The van der Waals surface area contributed by atoms with Crippen LogP contribution >= 0.6 is 23.2 Å². The zero-order valence-electron chi connectivity index (χ0n) is 17.6. The largest absolute Gasteiger partial charge is 0.495 e. The maximum atomic E-state index is 12.7. The maximum Gasteiger partial charge on any atom is 0.266 e. The number of hydrogen-bond donors (Lipinski definition) is 1. The number of amides is 1. The molecule has 1 N–H and O–H groups in total. The van der Waals surface area contributed by atoms with Gasteiger partial charge in [0.15, 0.2) is 0 Å².